The summed E-state index contributed by atoms with van der Waals surface area (Å²) in [6.45, 7) is 5.33. The van der Waals surface area contributed by atoms with Gasteiger partial charge in [-0.1, -0.05) is 5.16 Å². The quantitative estimate of drug-likeness (QED) is 0.820. The van der Waals surface area contributed by atoms with Crippen molar-refractivity contribution in [2.45, 2.75) is 26.2 Å². The summed E-state index contributed by atoms with van der Waals surface area (Å²) < 4.78 is 4.98. The number of carbonyl (C=O) groups is 1. The highest BCUT2D eigenvalue weighted by Crippen LogP contribution is 2.19. The SMILES string of the molecule is CNCCC1CCN(CC(=O)Nc2cc(C)no2)CC1. The number of hydrogen-bond acceptors (Lipinski definition) is 5. The van der Waals surface area contributed by atoms with Crippen molar-refractivity contribution in [3.05, 3.63) is 11.8 Å². The van der Waals surface area contributed by atoms with Gasteiger partial charge < -0.3 is 9.84 Å². The molecular weight excluding hydrogens is 256 g/mol. The fourth-order valence-corrected chi connectivity index (χ4v) is 2.58. The molecule has 0 unspecified atom stereocenters. The molecule has 6 heteroatoms. The van der Waals surface area contributed by atoms with Gasteiger partial charge in [-0.05, 0) is 58.8 Å². The maximum absolute atomic E-state index is 11.9. The van der Waals surface area contributed by atoms with Crippen LogP contribution in [0.25, 0.3) is 0 Å². The molecule has 6 nitrogen and oxygen atoms in total. The number of amides is 1. The summed E-state index contributed by atoms with van der Waals surface area (Å²) >= 11 is 0. The van der Waals surface area contributed by atoms with Gasteiger partial charge in [-0.2, -0.15) is 0 Å². The Morgan fingerprint density at radius 1 is 1.50 bits per heavy atom. The van der Waals surface area contributed by atoms with Crippen LogP contribution in [0.4, 0.5) is 5.88 Å². The van der Waals surface area contributed by atoms with Gasteiger partial charge in [-0.3, -0.25) is 15.0 Å². The van der Waals surface area contributed by atoms with E-state index in [4.69, 9.17) is 4.52 Å². The largest absolute Gasteiger partial charge is 0.338 e. The number of likely N-dealkylation sites (tertiary alicyclic amines) is 1. The predicted octanol–water partition coefficient (Wildman–Crippen LogP) is 1.24. The highest BCUT2D eigenvalue weighted by atomic mass is 16.5. The van der Waals surface area contributed by atoms with Crippen molar-refractivity contribution < 1.29 is 9.32 Å². The van der Waals surface area contributed by atoms with Crippen molar-refractivity contribution in [1.29, 1.82) is 0 Å². The molecule has 0 radical (unpaired) electrons. The minimum absolute atomic E-state index is 0.0326. The molecule has 2 rings (SSSR count). The molecule has 1 aliphatic rings. The van der Waals surface area contributed by atoms with Crippen LogP contribution >= 0.6 is 0 Å². The van der Waals surface area contributed by atoms with E-state index in [1.165, 1.54) is 19.3 Å². The van der Waals surface area contributed by atoms with Crippen molar-refractivity contribution in [3.8, 4) is 0 Å². The number of nitrogens with one attached hydrogen (secondary N) is 2. The van der Waals surface area contributed by atoms with Crippen molar-refractivity contribution in [1.82, 2.24) is 15.4 Å². The summed E-state index contributed by atoms with van der Waals surface area (Å²) in [5.74, 6) is 1.19. The van der Waals surface area contributed by atoms with Gasteiger partial charge in [0, 0.05) is 6.07 Å². The number of aromatic nitrogens is 1. The molecule has 1 aliphatic heterocycles. The number of aryl methyl sites for hydroxylation is 1. The smallest absolute Gasteiger partial charge is 0.240 e. The Balaban J connectivity index is 1.68. The average Bonchev–Trinajstić information content (AvgIpc) is 2.83. The second kappa shape index (κ2) is 7.40. The van der Waals surface area contributed by atoms with Crippen molar-refractivity contribution in [2.24, 2.45) is 5.92 Å². The van der Waals surface area contributed by atoms with Gasteiger partial charge in [0.1, 0.15) is 0 Å². The molecular formula is C14H24N4O2. The minimum atomic E-state index is -0.0326. The van der Waals surface area contributed by atoms with Crippen LogP contribution in [0.3, 0.4) is 0 Å². The van der Waals surface area contributed by atoms with Gasteiger partial charge in [0.25, 0.3) is 0 Å². The summed E-state index contributed by atoms with van der Waals surface area (Å²) in [6, 6.07) is 1.72. The normalized spacial score (nSPS) is 17.3. The fourth-order valence-electron chi connectivity index (χ4n) is 2.58. The Kier molecular flexibility index (Phi) is 5.55. The molecule has 112 valence electrons. The van der Waals surface area contributed by atoms with Gasteiger partial charge >= 0.3 is 0 Å². The lowest BCUT2D eigenvalue weighted by atomic mass is 9.93. The van der Waals surface area contributed by atoms with Crippen LogP contribution in [-0.4, -0.2) is 49.2 Å². The number of rotatable bonds is 6. The van der Waals surface area contributed by atoms with E-state index in [1.807, 2.05) is 14.0 Å². The van der Waals surface area contributed by atoms with Gasteiger partial charge in [-0.15, -0.1) is 0 Å². The molecule has 20 heavy (non-hydrogen) atoms. The van der Waals surface area contributed by atoms with Crippen LogP contribution in [-0.2, 0) is 4.79 Å². The van der Waals surface area contributed by atoms with E-state index >= 15 is 0 Å². The van der Waals surface area contributed by atoms with Crippen LogP contribution < -0.4 is 10.6 Å². The molecule has 0 aliphatic carbocycles. The molecule has 1 fully saturated rings. The molecule has 1 aromatic rings. The number of carbonyl (C=O) groups excluding carboxylic acids is 1. The lowest BCUT2D eigenvalue weighted by Gasteiger charge is -2.31. The van der Waals surface area contributed by atoms with E-state index in [9.17, 15) is 4.79 Å². The maximum Gasteiger partial charge on any atom is 0.240 e. The van der Waals surface area contributed by atoms with E-state index in [2.05, 4.69) is 20.7 Å². The highest BCUT2D eigenvalue weighted by Gasteiger charge is 2.20. The minimum Gasteiger partial charge on any atom is -0.338 e. The monoisotopic (exact) mass is 280 g/mol. The zero-order chi connectivity index (χ0) is 14.4. The van der Waals surface area contributed by atoms with E-state index < -0.39 is 0 Å². The Labute approximate surface area is 119 Å². The zero-order valence-corrected chi connectivity index (χ0v) is 12.3. The average molecular weight is 280 g/mol. The first-order valence-corrected chi connectivity index (χ1v) is 7.27. The predicted molar refractivity (Wildman–Crippen MR) is 77.6 cm³/mol. The third kappa shape index (κ3) is 4.61. The molecule has 1 amide bonds. The lowest BCUT2D eigenvalue weighted by Crippen LogP contribution is -2.39. The fraction of sp³-hybridized carbons (Fsp3) is 0.714. The van der Waals surface area contributed by atoms with Crippen molar-refractivity contribution in [3.63, 3.8) is 0 Å². The summed E-state index contributed by atoms with van der Waals surface area (Å²) in [4.78, 5) is 14.1. The summed E-state index contributed by atoms with van der Waals surface area (Å²) in [7, 11) is 1.99. The number of anilines is 1. The van der Waals surface area contributed by atoms with Gasteiger partial charge in [0.05, 0.1) is 12.2 Å². The summed E-state index contributed by atoms with van der Waals surface area (Å²) in [5, 5.41) is 9.68. The number of piperidine rings is 1. The van der Waals surface area contributed by atoms with E-state index in [-0.39, 0.29) is 5.91 Å². The van der Waals surface area contributed by atoms with E-state index in [1.54, 1.807) is 6.07 Å². The first-order valence-electron chi connectivity index (χ1n) is 7.27. The maximum atomic E-state index is 11.9. The third-order valence-corrected chi connectivity index (χ3v) is 3.77. The Morgan fingerprint density at radius 3 is 2.85 bits per heavy atom. The van der Waals surface area contributed by atoms with Gasteiger partial charge in [0.15, 0.2) is 0 Å². The Bertz CT molecular complexity index is 425. The first kappa shape index (κ1) is 15.0. The summed E-state index contributed by atoms with van der Waals surface area (Å²) in [6.07, 6.45) is 3.58. The zero-order valence-electron chi connectivity index (χ0n) is 12.3. The van der Waals surface area contributed by atoms with Crippen LogP contribution in [0.15, 0.2) is 10.6 Å². The third-order valence-electron chi connectivity index (χ3n) is 3.77. The summed E-state index contributed by atoms with van der Waals surface area (Å²) in [5.41, 5.74) is 0.769. The highest BCUT2D eigenvalue weighted by molar-refractivity contribution is 5.90. The molecule has 0 bridgehead atoms. The van der Waals surface area contributed by atoms with Gasteiger partial charge in [-0.25, -0.2) is 0 Å². The first-order chi connectivity index (χ1) is 9.67. The second-order valence-electron chi connectivity index (χ2n) is 5.49. The van der Waals surface area contributed by atoms with Crippen molar-refractivity contribution >= 4 is 11.8 Å². The van der Waals surface area contributed by atoms with E-state index in [0.717, 1.165) is 31.2 Å². The molecule has 0 atom stereocenters. The molecule has 1 aromatic heterocycles. The van der Waals surface area contributed by atoms with Gasteiger partial charge in [0.2, 0.25) is 11.8 Å². The lowest BCUT2D eigenvalue weighted by molar-refractivity contribution is -0.117. The molecule has 2 N–H and O–H groups in total. The molecule has 2 heterocycles. The number of hydrogen-bond donors (Lipinski definition) is 2. The molecule has 0 spiro atoms. The second-order valence-corrected chi connectivity index (χ2v) is 5.49. The standard InChI is InChI=1S/C14H24N4O2/c1-11-9-14(20-17-11)16-13(19)10-18-7-4-12(5-8-18)3-6-15-2/h9,12,15H,3-8,10H2,1-2H3,(H,16,19). The van der Waals surface area contributed by atoms with Crippen molar-refractivity contribution in [2.75, 3.05) is 38.5 Å². The number of nitrogens with zero attached hydrogens (tertiary/aromatic N) is 2. The van der Waals surface area contributed by atoms with E-state index in [0.29, 0.717) is 12.4 Å². The van der Waals surface area contributed by atoms with Crippen LogP contribution in [0.5, 0.6) is 0 Å². The topological polar surface area (TPSA) is 70.4 Å². The Hall–Kier alpha value is -1.40. The molecule has 0 saturated carbocycles. The van der Waals surface area contributed by atoms with Crippen LogP contribution in [0.2, 0.25) is 0 Å². The molecule has 0 aromatic carbocycles. The van der Waals surface area contributed by atoms with Crippen LogP contribution in [0.1, 0.15) is 25.0 Å². The molecule has 1 saturated heterocycles. The Morgan fingerprint density at radius 2 is 2.25 bits per heavy atom. The van der Waals surface area contributed by atoms with Crippen LogP contribution in [0, 0.1) is 12.8 Å².